The number of carbonyl (C=O) groups is 3. The van der Waals surface area contributed by atoms with Crippen molar-refractivity contribution in [3.8, 4) is 33.8 Å². The average Bonchev–Trinajstić information content (AvgIpc) is 1.64. The van der Waals surface area contributed by atoms with E-state index >= 15 is 0 Å². The number of imidazole rings is 3. The third-order valence-corrected chi connectivity index (χ3v) is 17.9. The predicted molar refractivity (Wildman–Crippen MR) is 381 cm³/mol. The molecule has 498 valence electrons. The molecule has 0 spiro atoms. The molecule has 3 aliphatic rings. The number of aromatic nitrogens is 13. The van der Waals surface area contributed by atoms with E-state index in [0.29, 0.717) is 64.1 Å². The molecule has 15 aromatic rings. The van der Waals surface area contributed by atoms with Crippen LogP contribution in [-0.4, -0.2) is 80.7 Å². The van der Waals surface area contributed by atoms with Crippen molar-refractivity contribution in [2.45, 2.75) is 46.2 Å². The van der Waals surface area contributed by atoms with Crippen LogP contribution in [0.2, 0.25) is 0 Å². The Morgan fingerprint density at radius 3 is 1.26 bits per heavy atom. The summed E-state index contributed by atoms with van der Waals surface area (Å²) < 4.78 is 37.9. The average molecular weight is 1350 g/mol. The molecule has 0 unspecified atom stereocenters. The molecule has 18 rings (SSSR count). The van der Waals surface area contributed by atoms with Crippen LogP contribution in [-0.2, 0) is 39.3 Å². The zero-order valence-electron chi connectivity index (χ0n) is 54.2. The second kappa shape index (κ2) is 26.2. The summed E-state index contributed by atoms with van der Waals surface area (Å²) >= 11 is 0. The highest BCUT2D eigenvalue weighted by Gasteiger charge is 2.23. The van der Waals surface area contributed by atoms with Crippen LogP contribution in [0.5, 0.6) is 0 Å². The molecule has 0 fully saturated rings. The maximum absolute atomic E-state index is 14.1. The maximum atomic E-state index is 14.1. The van der Waals surface area contributed by atoms with Gasteiger partial charge in [0.25, 0.3) is 34.4 Å². The number of pyridine rings is 1. The second-order valence-corrected chi connectivity index (χ2v) is 24.8. The van der Waals surface area contributed by atoms with Gasteiger partial charge in [-0.05, 0) is 143 Å². The minimum Gasteiger partial charge on any atom is -0.305 e. The number of anilines is 3. The lowest BCUT2D eigenvalue weighted by molar-refractivity contribution is 0.101. The molecular weight excluding hydrogens is 1290 g/mol. The van der Waals surface area contributed by atoms with Gasteiger partial charge < -0.3 is 13.7 Å². The van der Waals surface area contributed by atoms with Crippen LogP contribution >= 0.6 is 0 Å². The van der Waals surface area contributed by atoms with E-state index in [2.05, 4.69) is 64.4 Å². The fourth-order valence-corrected chi connectivity index (χ4v) is 12.8. The van der Waals surface area contributed by atoms with Crippen LogP contribution in [0.25, 0.3) is 66.9 Å². The Morgan fingerprint density at radius 1 is 0.333 bits per heavy atom. The number of aryl methyl sites for hydroxylation is 1. The molecule has 3 N–H and O–H groups in total. The van der Waals surface area contributed by atoms with Gasteiger partial charge in [-0.25, -0.2) is 37.8 Å². The van der Waals surface area contributed by atoms with E-state index in [1.54, 1.807) is 95.8 Å². The lowest BCUT2D eigenvalue weighted by Crippen LogP contribution is -2.23. The Kier molecular flexibility index (Phi) is 16.2. The van der Waals surface area contributed by atoms with Crippen LogP contribution in [0.15, 0.2) is 245 Å². The first-order valence-corrected chi connectivity index (χ1v) is 32.5. The lowest BCUT2D eigenvalue weighted by atomic mass is 10.0. The van der Waals surface area contributed by atoms with Gasteiger partial charge in [-0.3, -0.25) is 49.7 Å². The monoisotopic (exact) mass is 1350 g/mol. The number of nitrogens with one attached hydrogen (secondary N) is 3. The summed E-state index contributed by atoms with van der Waals surface area (Å²) in [5.41, 5.74) is 15.4. The molecule has 0 saturated heterocycles. The summed E-state index contributed by atoms with van der Waals surface area (Å²) in [6, 6.07) is 64.3. The highest BCUT2D eigenvalue weighted by molar-refractivity contribution is 6.06. The molecule has 7 aromatic heterocycles. The molecule has 0 radical (unpaired) electrons. The molecule has 3 amide bonds. The highest BCUT2D eigenvalue weighted by Crippen LogP contribution is 2.31. The van der Waals surface area contributed by atoms with E-state index in [1.807, 2.05) is 113 Å². The topological polar surface area (TPSA) is 258 Å². The van der Waals surface area contributed by atoms with Gasteiger partial charge in [0, 0.05) is 76.1 Å². The molecular formula is C78H56F2N16O6. The van der Waals surface area contributed by atoms with Crippen molar-refractivity contribution in [2.24, 2.45) is 0 Å². The maximum Gasteiger partial charge on any atom is 0.267 e. The van der Waals surface area contributed by atoms with Gasteiger partial charge in [-0.2, -0.15) is 15.3 Å². The first-order valence-electron chi connectivity index (χ1n) is 32.5. The summed E-state index contributed by atoms with van der Waals surface area (Å²) in [6.07, 6.45) is 3.51. The molecule has 0 aliphatic carbocycles. The van der Waals surface area contributed by atoms with Crippen molar-refractivity contribution >= 4 is 68.7 Å². The molecule has 18 bridgehead atoms. The molecule has 10 heterocycles. The second-order valence-electron chi connectivity index (χ2n) is 24.8. The first-order chi connectivity index (χ1) is 49.6. The Balaban J connectivity index is 0.000000118. The van der Waals surface area contributed by atoms with Crippen molar-refractivity contribution in [1.29, 1.82) is 0 Å². The molecule has 0 atom stereocenters. The number of rotatable bonds is 0. The summed E-state index contributed by atoms with van der Waals surface area (Å²) in [4.78, 5) is 95.0. The summed E-state index contributed by atoms with van der Waals surface area (Å²) in [5, 5.41) is 22.5. The van der Waals surface area contributed by atoms with E-state index in [9.17, 15) is 37.5 Å². The fourth-order valence-electron chi connectivity index (χ4n) is 12.8. The Hall–Kier alpha value is -13.8. The number of carbonyl (C=O) groups excluding carboxylic acids is 3. The number of amides is 3. The van der Waals surface area contributed by atoms with Crippen LogP contribution in [0.3, 0.4) is 0 Å². The SMILES string of the molecule is Cc1ccc2cc1-c1ccc(=O)n(n1)Cc1cccc(c1)C(=O)Nc1nc3ccccc3n1C2.O=C1Nc2nc3cc(F)c(F)cc3n2Cc2cccc(c2)-c2ccc(=O)n(n2)Cc2cccc1c2.O=C1Nc2nc3ccccc3n2Cc2cncc(c2)-c2ccc(=O)n(n2)Cc2cccc1c2. The van der Waals surface area contributed by atoms with Crippen molar-refractivity contribution in [1.82, 2.24) is 63.0 Å². The summed E-state index contributed by atoms with van der Waals surface area (Å²) in [5.74, 6) is -1.88. The van der Waals surface area contributed by atoms with Crippen LogP contribution < -0.4 is 32.6 Å². The first kappa shape index (κ1) is 63.0. The number of hydrogen-bond acceptors (Lipinski definition) is 13. The van der Waals surface area contributed by atoms with Gasteiger partial charge in [-0.15, -0.1) is 0 Å². The number of hydrogen-bond donors (Lipinski definition) is 3. The van der Waals surface area contributed by atoms with Crippen molar-refractivity contribution in [3.05, 3.63) is 329 Å². The molecule has 0 saturated carbocycles. The molecule has 24 heteroatoms. The van der Waals surface area contributed by atoms with E-state index in [1.165, 1.54) is 26.2 Å². The Labute approximate surface area is 577 Å². The largest absolute Gasteiger partial charge is 0.305 e. The standard InChI is InChI=1S/C27H21N5O2.C26H17F2N5O2.C25H18N6O2/c1-17-9-10-19-14-21(17)22-11-12-25(33)32(30-22)16-18-5-4-6-20(13-18)26(34)29-27-28-23-7-2-3-8-24(23)31(27)15-19;27-19-11-22-23(12-20(19)28)32-13-15-3-1-5-17(9-15)21-7-8-24(34)33(31-21)14-16-4-2-6-18(10-16)25(35)30-26(32)29-22;32-23-9-8-20-19-11-17(12-26-13-19)14-30-22-7-2-1-6-21(22)27-25(30)28-24(33)18-5-3-4-16(10-18)15-31(23)29-20/h2-14H,15-16H2,1H3,(H,28,29,34);1-12H,13-14H2,(H,29,30,35);1-13H,14-15H2,(H,27,28,33). The third kappa shape index (κ3) is 12.7. The number of fused-ring (bicyclic) bond motifs is 30. The fraction of sp³-hybridized carbons (Fsp3) is 0.0897. The normalized spacial score (nSPS) is 13.0. The quantitative estimate of drug-likeness (QED) is 0.128. The van der Waals surface area contributed by atoms with Crippen molar-refractivity contribution in [3.63, 3.8) is 0 Å². The predicted octanol–water partition coefficient (Wildman–Crippen LogP) is 11.7. The third-order valence-electron chi connectivity index (χ3n) is 17.9. The number of halogens is 2. The van der Waals surface area contributed by atoms with Crippen LogP contribution in [0.1, 0.15) is 70.0 Å². The molecule has 102 heavy (non-hydrogen) atoms. The van der Waals surface area contributed by atoms with E-state index in [4.69, 9.17) is 4.98 Å². The minimum absolute atomic E-state index is 0.163. The zero-order valence-corrected chi connectivity index (χ0v) is 54.2. The van der Waals surface area contributed by atoms with Gasteiger partial charge in [0.15, 0.2) is 11.6 Å². The Morgan fingerprint density at radius 2 is 0.735 bits per heavy atom. The number of para-hydroxylation sites is 4. The smallest absolute Gasteiger partial charge is 0.267 e. The molecule has 3 aliphatic heterocycles. The zero-order chi connectivity index (χ0) is 69.7. The van der Waals surface area contributed by atoms with Gasteiger partial charge >= 0.3 is 0 Å². The van der Waals surface area contributed by atoms with E-state index in [0.717, 1.165) is 90.0 Å². The number of benzene rings is 8. The van der Waals surface area contributed by atoms with Gasteiger partial charge in [0.05, 0.1) is 89.5 Å². The summed E-state index contributed by atoms with van der Waals surface area (Å²) in [7, 11) is 0. The minimum atomic E-state index is -1.02. The number of nitrogens with zero attached hydrogens (tertiary/aromatic N) is 13. The van der Waals surface area contributed by atoms with E-state index in [-0.39, 0.29) is 66.1 Å². The van der Waals surface area contributed by atoms with Gasteiger partial charge in [0.2, 0.25) is 17.8 Å². The molecule has 22 nitrogen and oxygen atoms in total. The lowest BCUT2D eigenvalue weighted by Gasteiger charge is -2.13. The van der Waals surface area contributed by atoms with Gasteiger partial charge in [0.1, 0.15) is 0 Å². The van der Waals surface area contributed by atoms with Crippen LogP contribution in [0.4, 0.5) is 26.6 Å². The van der Waals surface area contributed by atoms with Crippen LogP contribution in [0, 0.1) is 18.6 Å². The summed E-state index contributed by atoms with van der Waals surface area (Å²) in [6.45, 7) is 3.94. The van der Waals surface area contributed by atoms with Gasteiger partial charge in [-0.1, -0.05) is 91.0 Å². The van der Waals surface area contributed by atoms with Crippen molar-refractivity contribution in [2.75, 3.05) is 16.0 Å². The highest BCUT2D eigenvalue weighted by atomic mass is 19.2. The Bertz CT molecular complexity index is 6130. The molecule has 8 aromatic carbocycles. The van der Waals surface area contributed by atoms with E-state index < -0.39 is 17.5 Å². The van der Waals surface area contributed by atoms with Crippen molar-refractivity contribution < 1.29 is 23.2 Å².